The van der Waals surface area contributed by atoms with Gasteiger partial charge in [-0.2, -0.15) is 0 Å². The summed E-state index contributed by atoms with van der Waals surface area (Å²) in [6.07, 6.45) is 3.61. The van der Waals surface area contributed by atoms with Crippen LogP contribution < -0.4 is 11.5 Å². The van der Waals surface area contributed by atoms with Gasteiger partial charge in [-0.25, -0.2) is 0 Å². The Labute approximate surface area is 88.0 Å². The lowest BCUT2D eigenvalue weighted by Gasteiger charge is -2.05. The summed E-state index contributed by atoms with van der Waals surface area (Å²) in [4.78, 5) is 2.65. The molecule has 0 radical (unpaired) electrons. The van der Waals surface area contributed by atoms with E-state index >= 15 is 0 Å². The van der Waals surface area contributed by atoms with Crippen LogP contribution in [0.3, 0.4) is 0 Å². The highest BCUT2D eigenvalue weighted by Crippen LogP contribution is 2.22. The van der Waals surface area contributed by atoms with Gasteiger partial charge in [0.25, 0.3) is 0 Å². The number of nitrogens with two attached hydrogens (primary N) is 2. The van der Waals surface area contributed by atoms with Gasteiger partial charge in [0.05, 0.1) is 11.4 Å². The summed E-state index contributed by atoms with van der Waals surface area (Å²) in [5, 5.41) is 3.39. The van der Waals surface area contributed by atoms with Gasteiger partial charge in [-0.1, -0.05) is 17.3 Å². The van der Waals surface area contributed by atoms with Gasteiger partial charge < -0.3 is 11.5 Å². The van der Waals surface area contributed by atoms with Gasteiger partial charge in [-0.15, -0.1) is 0 Å². The molecule has 0 atom stereocenters. The molecule has 5 heteroatoms. The second-order valence-corrected chi connectivity index (χ2v) is 3.16. The molecular formula is C10H13N5. The zero-order chi connectivity index (χ0) is 11.3. The van der Waals surface area contributed by atoms with Crippen LogP contribution in [0.2, 0.25) is 0 Å². The second kappa shape index (κ2) is 4.93. The monoisotopic (exact) mass is 203 g/mol. The Morgan fingerprint density at radius 2 is 2.20 bits per heavy atom. The van der Waals surface area contributed by atoms with Crippen LogP contribution in [0.1, 0.15) is 11.1 Å². The minimum Gasteiger partial charge on any atom is -0.397 e. The van der Waals surface area contributed by atoms with Crippen molar-refractivity contribution >= 4 is 17.5 Å². The number of azide groups is 1. The zero-order valence-electron chi connectivity index (χ0n) is 8.51. The van der Waals surface area contributed by atoms with Crippen LogP contribution in [0.5, 0.6) is 0 Å². The quantitative estimate of drug-likeness (QED) is 0.341. The number of anilines is 2. The molecule has 0 saturated heterocycles. The first-order chi connectivity index (χ1) is 7.15. The molecule has 0 aromatic heterocycles. The van der Waals surface area contributed by atoms with Crippen LogP contribution in [0.25, 0.3) is 16.5 Å². The smallest absolute Gasteiger partial charge is 0.0577 e. The first-order valence-corrected chi connectivity index (χ1v) is 4.48. The van der Waals surface area contributed by atoms with Crippen molar-refractivity contribution in [3.8, 4) is 0 Å². The molecule has 0 saturated carbocycles. The van der Waals surface area contributed by atoms with Crippen LogP contribution in [-0.4, -0.2) is 6.54 Å². The molecule has 0 aliphatic rings. The molecular weight excluding hydrogens is 190 g/mol. The van der Waals surface area contributed by atoms with E-state index in [1.165, 1.54) is 0 Å². The minimum absolute atomic E-state index is 0.333. The molecule has 0 aliphatic carbocycles. The summed E-state index contributed by atoms with van der Waals surface area (Å²) in [5.74, 6) is 0. The van der Waals surface area contributed by atoms with Crippen molar-refractivity contribution in [1.82, 2.24) is 0 Å². The van der Waals surface area contributed by atoms with Crippen molar-refractivity contribution in [3.63, 3.8) is 0 Å². The lowest BCUT2D eigenvalue weighted by atomic mass is 10.1. The average Bonchev–Trinajstić information content (AvgIpc) is 2.21. The Morgan fingerprint density at radius 1 is 1.47 bits per heavy atom. The second-order valence-electron chi connectivity index (χ2n) is 3.16. The maximum Gasteiger partial charge on any atom is 0.0577 e. The molecule has 0 fully saturated rings. The third-order valence-corrected chi connectivity index (χ3v) is 2.00. The predicted octanol–water partition coefficient (Wildman–Crippen LogP) is 2.48. The Kier molecular flexibility index (Phi) is 3.60. The fraction of sp³-hybridized carbons (Fsp3) is 0.200. The van der Waals surface area contributed by atoms with Crippen molar-refractivity contribution in [3.05, 3.63) is 39.8 Å². The van der Waals surface area contributed by atoms with Gasteiger partial charge in [-0.05, 0) is 35.7 Å². The number of hydrogen-bond donors (Lipinski definition) is 2. The van der Waals surface area contributed by atoms with Gasteiger partial charge >= 0.3 is 0 Å². The fourth-order valence-electron chi connectivity index (χ4n) is 1.22. The Bertz CT molecular complexity index is 406. The number of aryl methyl sites for hydroxylation is 1. The summed E-state index contributed by atoms with van der Waals surface area (Å²) in [6, 6.07) is 3.72. The zero-order valence-corrected chi connectivity index (χ0v) is 8.51. The summed E-state index contributed by atoms with van der Waals surface area (Å²) in [5.41, 5.74) is 22.6. The van der Waals surface area contributed by atoms with Crippen LogP contribution in [-0.2, 0) is 0 Å². The highest BCUT2D eigenvalue weighted by molar-refractivity contribution is 5.72. The molecule has 0 heterocycles. The molecule has 5 nitrogen and oxygen atoms in total. The molecule has 0 unspecified atom stereocenters. The molecule has 78 valence electrons. The van der Waals surface area contributed by atoms with Crippen molar-refractivity contribution in [2.24, 2.45) is 5.11 Å². The van der Waals surface area contributed by atoms with E-state index in [2.05, 4.69) is 10.0 Å². The van der Waals surface area contributed by atoms with Crippen LogP contribution >= 0.6 is 0 Å². The Morgan fingerprint density at radius 3 is 2.80 bits per heavy atom. The van der Waals surface area contributed by atoms with Crippen molar-refractivity contribution in [1.29, 1.82) is 0 Å². The first-order valence-electron chi connectivity index (χ1n) is 4.48. The normalized spacial score (nSPS) is 10.2. The van der Waals surface area contributed by atoms with Crippen LogP contribution in [0, 0.1) is 6.92 Å². The molecule has 0 aliphatic heterocycles. The Balaban J connectivity index is 2.87. The van der Waals surface area contributed by atoms with Crippen LogP contribution in [0.15, 0.2) is 23.3 Å². The third kappa shape index (κ3) is 2.93. The lowest BCUT2D eigenvalue weighted by molar-refractivity contribution is 1.22. The van der Waals surface area contributed by atoms with Gasteiger partial charge in [0.15, 0.2) is 0 Å². The molecule has 4 N–H and O–H groups in total. The molecule has 1 rings (SSSR count). The van der Waals surface area contributed by atoms with Gasteiger partial charge in [0.2, 0.25) is 0 Å². The van der Waals surface area contributed by atoms with E-state index in [4.69, 9.17) is 17.0 Å². The largest absolute Gasteiger partial charge is 0.397 e. The first kappa shape index (κ1) is 10.9. The summed E-state index contributed by atoms with van der Waals surface area (Å²) < 4.78 is 0. The molecule has 15 heavy (non-hydrogen) atoms. The highest BCUT2D eigenvalue weighted by Gasteiger charge is 1.99. The number of hydrogen-bond acceptors (Lipinski definition) is 3. The van der Waals surface area contributed by atoms with E-state index in [9.17, 15) is 0 Å². The van der Waals surface area contributed by atoms with Crippen LogP contribution in [0.4, 0.5) is 11.4 Å². The van der Waals surface area contributed by atoms with E-state index in [1.807, 2.05) is 19.1 Å². The summed E-state index contributed by atoms with van der Waals surface area (Å²) >= 11 is 0. The highest BCUT2D eigenvalue weighted by atomic mass is 15.1. The van der Waals surface area contributed by atoms with E-state index in [-0.39, 0.29) is 0 Å². The van der Waals surface area contributed by atoms with E-state index in [1.54, 1.807) is 12.1 Å². The predicted molar refractivity (Wildman–Crippen MR) is 63.1 cm³/mol. The van der Waals surface area contributed by atoms with E-state index < -0.39 is 0 Å². The molecule has 0 bridgehead atoms. The number of rotatable bonds is 3. The fourth-order valence-corrected chi connectivity index (χ4v) is 1.22. The number of benzene rings is 1. The minimum atomic E-state index is 0.333. The maximum atomic E-state index is 8.08. The molecule has 1 aromatic carbocycles. The van der Waals surface area contributed by atoms with Crippen molar-refractivity contribution in [2.75, 3.05) is 18.0 Å². The van der Waals surface area contributed by atoms with E-state index in [0.717, 1.165) is 11.1 Å². The SMILES string of the molecule is Cc1cc(C=CCN=[N+]=[N-])cc(N)c1N. The van der Waals surface area contributed by atoms with Gasteiger partial charge in [0.1, 0.15) is 0 Å². The molecule has 0 spiro atoms. The summed E-state index contributed by atoms with van der Waals surface area (Å²) in [6.45, 7) is 2.23. The average molecular weight is 203 g/mol. The number of nitrogen functional groups attached to an aromatic ring is 2. The van der Waals surface area contributed by atoms with Crippen molar-refractivity contribution < 1.29 is 0 Å². The number of nitrogens with zero attached hydrogens (tertiary/aromatic N) is 3. The van der Waals surface area contributed by atoms with Crippen molar-refractivity contribution in [2.45, 2.75) is 6.92 Å². The summed E-state index contributed by atoms with van der Waals surface area (Å²) in [7, 11) is 0. The molecule has 1 aromatic rings. The van der Waals surface area contributed by atoms with E-state index in [0.29, 0.717) is 17.9 Å². The van der Waals surface area contributed by atoms with Gasteiger partial charge in [0, 0.05) is 11.5 Å². The lowest BCUT2D eigenvalue weighted by Crippen LogP contribution is -1.97. The standard InChI is InChI=1S/C10H13N5/c1-7-5-8(3-2-4-14-15-13)6-9(11)10(7)12/h2-3,5-6H,4,11-12H2,1H3. The van der Waals surface area contributed by atoms with Gasteiger partial charge in [-0.3, -0.25) is 0 Å². The topological polar surface area (TPSA) is 101 Å². The third-order valence-electron chi connectivity index (χ3n) is 2.00. The maximum absolute atomic E-state index is 8.08. The molecule has 0 amide bonds. The Hall–Kier alpha value is -2.13.